The summed E-state index contributed by atoms with van der Waals surface area (Å²) in [5, 5.41) is 2.29. The number of carbonyl (C=O) groups is 4. The van der Waals surface area contributed by atoms with Crippen molar-refractivity contribution >= 4 is 23.7 Å². The van der Waals surface area contributed by atoms with Crippen LogP contribution in [0.25, 0.3) is 11.3 Å². The highest BCUT2D eigenvalue weighted by atomic mass is 16.5. The third-order valence-electron chi connectivity index (χ3n) is 4.98. The number of H-pyrrole nitrogens is 1. The van der Waals surface area contributed by atoms with Gasteiger partial charge in [-0.25, -0.2) is 4.79 Å². The van der Waals surface area contributed by atoms with Crippen molar-refractivity contribution in [2.24, 2.45) is 0 Å². The monoisotopic (exact) mass is 367 g/mol. The Labute approximate surface area is 154 Å². The minimum Gasteiger partial charge on any atom is -0.465 e. The fourth-order valence-corrected chi connectivity index (χ4v) is 3.62. The van der Waals surface area contributed by atoms with Gasteiger partial charge in [-0.3, -0.25) is 19.7 Å². The number of amides is 3. The smallest absolute Gasteiger partial charge is 0.339 e. The quantitative estimate of drug-likeness (QED) is 0.627. The van der Waals surface area contributed by atoms with E-state index in [9.17, 15) is 19.2 Å². The predicted octanol–water partition coefficient (Wildman–Crippen LogP) is 1.23. The van der Waals surface area contributed by atoms with Gasteiger partial charge in [-0.05, 0) is 24.1 Å². The molecule has 1 fully saturated rings. The maximum atomic E-state index is 12.8. The van der Waals surface area contributed by atoms with Gasteiger partial charge in [-0.15, -0.1) is 0 Å². The average molecular weight is 367 g/mol. The van der Waals surface area contributed by atoms with Gasteiger partial charge in [0.05, 0.1) is 12.7 Å². The largest absolute Gasteiger partial charge is 0.465 e. The molecule has 8 heteroatoms. The number of hydrogen-bond acceptors (Lipinski definition) is 5. The number of aromatic nitrogens is 1. The molecule has 2 aliphatic heterocycles. The van der Waals surface area contributed by atoms with E-state index in [2.05, 4.69) is 10.3 Å². The Morgan fingerprint density at radius 2 is 2.00 bits per heavy atom. The lowest BCUT2D eigenvalue weighted by Gasteiger charge is -2.29. The first-order chi connectivity index (χ1) is 13.0. The Bertz CT molecular complexity index is 977. The molecule has 4 rings (SSSR count). The van der Waals surface area contributed by atoms with Crippen LogP contribution in [0.15, 0.2) is 30.5 Å². The van der Waals surface area contributed by atoms with Crippen molar-refractivity contribution in [2.75, 3.05) is 7.11 Å². The van der Waals surface area contributed by atoms with Crippen LogP contribution < -0.4 is 5.32 Å². The summed E-state index contributed by atoms with van der Waals surface area (Å²) in [6.07, 6.45) is 2.08. The number of aromatic amines is 1. The summed E-state index contributed by atoms with van der Waals surface area (Å²) in [5.74, 6) is -1.45. The van der Waals surface area contributed by atoms with E-state index >= 15 is 0 Å². The predicted molar refractivity (Wildman–Crippen MR) is 93.6 cm³/mol. The maximum absolute atomic E-state index is 12.8. The number of ether oxygens (including phenoxy) is 1. The van der Waals surface area contributed by atoms with Crippen molar-refractivity contribution < 1.29 is 23.9 Å². The fourth-order valence-electron chi connectivity index (χ4n) is 3.62. The van der Waals surface area contributed by atoms with Gasteiger partial charge in [-0.1, -0.05) is 12.1 Å². The summed E-state index contributed by atoms with van der Waals surface area (Å²) < 4.78 is 4.72. The molecular weight excluding hydrogens is 350 g/mol. The summed E-state index contributed by atoms with van der Waals surface area (Å²) in [4.78, 5) is 52.6. The summed E-state index contributed by atoms with van der Waals surface area (Å²) in [7, 11) is 1.31. The van der Waals surface area contributed by atoms with Gasteiger partial charge in [0, 0.05) is 36.0 Å². The summed E-state index contributed by atoms with van der Waals surface area (Å²) in [6.45, 7) is 0.267. The lowest BCUT2D eigenvalue weighted by atomic mass is 10.0. The molecule has 138 valence electrons. The molecule has 27 heavy (non-hydrogen) atoms. The van der Waals surface area contributed by atoms with Crippen molar-refractivity contribution in [1.29, 1.82) is 0 Å². The van der Waals surface area contributed by atoms with E-state index < -0.39 is 17.9 Å². The van der Waals surface area contributed by atoms with Crippen LogP contribution in [0, 0.1) is 0 Å². The highest BCUT2D eigenvalue weighted by molar-refractivity contribution is 6.06. The second kappa shape index (κ2) is 6.39. The first kappa shape index (κ1) is 17.0. The zero-order valence-electron chi connectivity index (χ0n) is 14.6. The molecule has 0 bridgehead atoms. The Hall–Kier alpha value is -3.42. The molecule has 0 aliphatic carbocycles. The van der Waals surface area contributed by atoms with Crippen LogP contribution in [0.1, 0.15) is 39.1 Å². The number of nitrogens with one attached hydrogen (secondary N) is 2. The van der Waals surface area contributed by atoms with E-state index in [1.807, 2.05) is 6.07 Å². The topological polar surface area (TPSA) is 109 Å². The third-order valence-corrected chi connectivity index (χ3v) is 4.98. The standard InChI is InChI=1S/C19H17N3O5/c1-27-19(26)10-7-14(20-8-10)11-3-2-4-12-13(11)9-22(18(12)25)15-5-6-16(23)21-17(15)24/h2-4,7-8,15,20H,5-6,9H2,1H3,(H,21,23,24). The normalized spacial score (nSPS) is 19.1. The van der Waals surface area contributed by atoms with E-state index in [1.54, 1.807) is 24.4 Å². The molecular formula is C19H17N3O5. The Morgan fingerprint density at radius 3 is 2.74 bits per heavy atom. The van der Waals surface area contributed by atoms with Gasteiger partial charge in [0.1, 0.15) is 6.04 Å². The number of hydrogen-bond donors (Lipinski definition) is 2. The van der Waals surface area contributed by atoms with Crippen LogP contribution in [0.4, 0.5) is 0 Å². The molecule has 1 atom stereocenters. The first-order valence-corrected chi connectivity index (χ1v) is 8.53. The van der Waals surface area contributed by atoms with E-state index in [0.29, 0.717) is 23.2 Å². The Kier molecular flexibility index (Phi) is 4.02. The Balaban J connectivity index is 1.67. The van der Waals surface area contributed by atoms with E-state index in [0.717, 1.165) is 11.1 Å². The minimum absolute atomic E-state index is 0.211. The zero-order chi connectivity index (χ0) is 19.1. The molecule has 1 saturated heterocycles. The number of rotatable bonds is 3. The average Bonchev–Trinajstić information content (AvgIpc) is 3.27. The first-order valence-electron chi connectivity index (χ1n) is 8.53. The molecule has 1 unspecified atom stereocenters. The van der Waals surface area contributed by atoms with Crippen LogP contribution in [-0.4, -0.2) is 46.7 Å². The lowest BCUT2D eigenvalue weighted by Crippen LogP contribution is -2.52. The second-order valence-electron chi connectivity index (χ2n) is 6.53. The van der Waals surface area contributed by atoms with Gasteiger partial charge < -0.3 is 14.6 Å². The van der Waals surface area contributed by atoms with E-state index in [1.165, 1.54) is 12.0 Å². The summed E-state index contributed by atoms with van der Waals surface area (Å²) in [5.41, 5.74) is 3.16. The van der Waals surface area contributed by atoms with Crippen LogP contribution in [-0.2, 0) is 20.9 Å². The van der Waals surface area contributed by atoms with Crippen molar-refractivity contribution in [3.05, 3.63) is 47.2 Å². The van der Waals surface area contributed by atoms with Crippen LogP contribution in [0.3, 0.4) is 0 Å². The molecule has 1 aromatic carbocycles. The van der Waals surface area contributed by atoms with Gasteiger partial charge in [-0.2, -0.15) is 0 Å². The molecule has 0 saturated carbocycles. The van der Waals surface area contributed by atoms with Gasteiger partial charge in [0.15, 0.2) is 0 Å². The molecule has 0 spiro atoms. The second-order valence-corrected chi connectivity index (χ2v) is 6.53. The number of fused-ring (bicyclic) bond motifs is 1. The highest BCUT2D eigenvalue weighted by Gasteiger charge is 2.39. The Morgan fingerprint density at radius 1 is 1.22 bits per heavy atom. The molecule has 3 amide bonds. The van der Waals surface area contributed by atoms with Gasteiger partial charge in [0.2, 0.25) is 11.8 Å². The summed E-state index contributed by atoms with van der Waals surface area (Å²) in [6, 6.07) is 6.34. The van der Waals surface area contributed by atoms with Crippen LogP contribution in [0.2, 0.25) is 0 Å². The number of carbonyl (C=O) groups excluding carboxylic acids is 4. The van der Waals surface area contributed by atoms with E-state index in [4.69, 9.17) is 4.74 Å². The number of imide groups is 1. The molecule has 0 radical (unpaired) electrons. The van der Waals surface area contributed by atoms with Crippen LogP contribution in [0.5, 0.6) is 0 Å². The van der Waals surface area contributed by atoms with Gasteiger partial charge >= 0.3 is 5.97 Å². The molecule has 2 N–H and O–H groups in total. The zero-order valence-corrected chi connectivity index (χ0v) is 14.6. The number of nitrogens with zero attached hydrogens (tertiary/aromatic N) is 1. The number of esters is 1. The third kappa shape index (κ3) is 2.79. The highest BCUT2D eigenvalue weighted by Crippen LogP contribution is 2.34. The molecule has 8 nitrogen and oxygen atoms in total. The molecule has 1 aromatic heterocycles. The lowest BCUT2D eigenvalue weighted by molar-refractivity contribution is -0.136. The number of benzene rings is 1. The maximum Gasteiger partial charge on any atom is 0.339 e. The number of methoxy groups -OCH3 is 1. The van der Waals surface area contributed by atoms with Crippen molar-refractivity contribution in [3.8, 4) is 11.3 Å². The van der Waals surface area contributed by atoms with E-state index in [-0.39, 0.29) is 24.8 Å². The van der Waals surface area contributed by atoms with Crippen LogP contribution >= 0.6 is 0 Å². The van der Waals surface area contributed by atoms with Crippen molar-refractivity contribution in [1.82, 2.24) is 15.2 Å². The van der Waals surface area contributed by atoms with Crippen molar-refractivity contribution in [2.45, 2.75) is 25.4 Å². The number of piperidine rings is 1. The van der Waals surface area contributed by atoms with Crippen molar-refractivity contribution in [3.63, 3.8) is 0 Å². The van der Waals surface area contributed by atoms with Gasteiger partial charge in [0.25, 0.3) is 5.91 Å². The molecule has 2 aromatic rings. The summed E-state index contributed by atoms with van der Waals surface area (Å²) >= 11 is 0. The minimum atomic E-state index is -0.662. The fraction of sp³-hybridized carbons (Fsp3) is 0.263. The molecule has 3 heterocycles. The molecule has 2 aliphatic rings. The SMILES string of the molecule is COC(=O)c1c[nH]c(-c2cccc3c2CN(C2CCC(=O)NC2=O)C3=O)c1.